The molecule has 2 heterocycles. The van der Waals surface area contributed by atoms with Crippen LogP contribution in [0.2, 0.25) is 0 Å². The molecule has 1 amide bonds. The number of imidazole rings is 1. The summed E-state index contributed by atoms with van der Waals surface area (Å²) in [5, 5.41) is 0. The van der Waals surface area contributed by atoms with Gasteiger partial charge >= 0.3 is 0 Å². The van der Waals surface area contributed by atoms with Crippen LogP contribution in [0, 0.1) is 6.92 Å². The summed E-state index contributed by atoms with van der Waals surface area (Å²) >= 11 is 0. The zero-order valence-corrected chi connectivity index (χ0v) is 19.1. The molecule has 31 heavy (non-hydrogen) atoms. The number of aryl methyl sites for hydroxylation is 1. The van der Waals surface area contributed by atoms with Crippen molar-refractivity contribution >= 4 is 16.9 Å². The lowest BCUT2D eigenvalue weighted by atomic mass is 10.1. The highest BCUT2D eigenvalue weighted by Crippen LogP contribution is 2.23. The number of benzene rings is 2. The van der Waals surface area contributed by atoms with Gasteiger partial charge in [-0.25, -0.2) is 4.98 Å². The number of aromatic nitrogens is 2. The molecular weight excluding hydrogens is 384 g/mol. The Balaban J connectivity index is 1.40. The first-order valence-electron chi connectivity index (χ1n) is 11.6. The molecule has 1 aliphatic rings. The number of rotatable bonds is 8. The summed E-state index contributed by atoms with van der Waals surface area (Å²) in [5.74, 6) is 1.09. The van der Waals surface area contributed by atoms with E-state index in [1.165, 1.54) is 25.7 Å². The third-order valence-electron chi connectivity index (χ3n) is 6.54. The third-order valence-corrected chi connectivity index (χ3v) is 6.54. The van der Waals surface area contributed by atoms with Gasteiger partial charge in [-0.2, -0.15) is 0 Å². The SMILES string of the molecule is CCCCCCN(C)[C@H]1CCN(C(=O)c2ccc(-n3c(C)nc4ccccc43)cc2)C1. The molecule has 1 aromatic heterocycles. The monoisotopic (exact) mass is 418 g/mol. The van der Waals surface area contributed by atoms with Crippen molar-refractivity contribution in [3.63, 3.8) is 0 Å². The van der Waals surface area contributed by atoms with Gasteiger partial charge in [-0.05, 0) is 69.8 Å². The summed E-state index contributed by atoms with van der Waals surface area (Å²) < 4.78 is 2.14. The van der Waals surface area contributed by atoms with Gasteiger partial charge in [0.25, 0.3) is 5.91 Å². The molecule has 1 fully saturated rings. The Morgan fingerprint density at radius 1 is 1.10 bits per heavy atom. The fourth-order valence-electron chi connectivity index (χ4n) is 4.66. The van der Waals surface area contributed by atoms with Gasteiger partial charge in [0, 0.05) is 30.4 Å². The van der Waals surface area contributed by atoms with E-state index in [1.807, 2.05) is 54.3 Å². The number of unbranched alkanes of at least 4 members (excludes halogenated alkanes) is 3. The van der Waals surface area contributed by atoms with Crippen molar-refractivity contribution in [1.29, 1.82) is 0 Å². The average molecular weight is 419 g/mol. The van der Waals surface area contributed by atoms with Crippen LogP contribution >= 0.6 is 0 Å². The van der Waals surface area contributed by atoms with E-state index >= 15 is 0 Å². The van der Waals surface area contributed by atoms with E-state index < -0.39 is 0 Å². The molecule has 1 saturated heterocycles. The highest BCUT2D eigenvalue weighted by molar-refractivity contribution is 5.94. The van der Waals surface area contributed by atoms with Gasteiger partial charge in [-0.1, -0.05) is 38.3 Å². The molecule has 5 heteroatoms. The molecule has 0 bridgehead atoms. The predicted octanol–water partition coefficient (Wildman–Crippen LogP) is 5.06. The van der Waals surface area contributed by atoms with E-state index in [0.29, 0.717) is 6.04 Å². The summed E-state index contributed by atoms with van der Waals surface area (Å²) in [6, 6.07) is 16.6. The second-order valence-electron chi connectivity index (χ2n) is 8.76. The van der Waals surface area contributed by atoms with Crippen molar-refractivity contribution in [2.45, 2.75) is 52.0 Å². The number of fused-ring (bicyclic) bond motifs is 1. The third kappa shape index (κ3) is 4.67. The number of likely N-dealkylation sites (N-methyl/N-ethyl adjacent to an activating group) is 1. The van der Waals surface area contributed by atoms with Crippen LogP contribution in [-0.4, -0.2) is 58.0 Å². The molecular formula is C26H34N4O. The van der Waals surface area contributed by atoms with E-state index in [9.17, 15) is 4.79 Å². The predicted molar refractivity (Wildman–Crippen MR) is 127 cm³/mol. The first-order chi connectivity index (χ1) is 15.1. The van der Waals surface area contributed by atoms with Crippen molar-refractivity contribution < 1.29 is 4.79 Å². The summed E-state index contributed by atoms with van der Waals surface area (Å²) in [7, 11) is 2.21. The second-order valence-corrected chi connectivity index (χ2v) is 8.76. The van der Waals surface area contributed by atoms with Crippen LogP contribution in [0.4, 0.5) is 0 Å². The van der Waals surface area contributed by atoms with Crippen molar-refractivity contribution in [3.05, 3.63) is 59.9 Å². The van der Waals surface area contributed by atoms with Gasteiger partial charge in [-0.3, -0.25) is 9.36 Å². The number of carbonyl (C=O) groups is 1. The fraction of sp³-hybridized carbons (Fsp3) is 0.462. The molecule has 0 N–H and O–H groups in total. The normalized spacial score (nSPS) is 16.5. The summed E-state index contributed by atoms with van der Waals surface area (Å²) in [6.07, 6.45) is 6.19. The van der Waals surface area contributed by atoms with Crippen molar-refractivity contribution in [1.82, 2.24) is 19.4 Å². The van der Waals surface area contributed by atoms with Gasteiger partial charge in [0.2, 0.25) is 0 Å². The van der Waals surface area contributed by atoms with E-state index in [0.717, 1.165) is 54.2 Å². The zero-order chi connectivity index (χ0) is 21.8. The maximum atomic E-state index is 13.1. The number of para-hydroxylation sites is 2. The minimum absolute atomic E-state index is 0.139. The molecule has 5 nitrogen and oxygen atoms in total. The molecule has 164 valence electrons. The van der Waals surface area contributed by atoms with Crippen LogP contribution in [0.25, 0.3) is 16.7 Å². The number of nitrogens with zero attached hydrogens (tertiary/aromatic N) is 4. The van der Waals surface area contributed by atoms with E-state index in [-0.39, 0.29) is 5.91 Å². The van der Waals surface area contributed by atoms with Crippen LogP contribution in [0.1, 0.15) is 55.2 Å². The average Bonchev–Trinajstić information content (AvgIpc) is 3.40. The topological polar surface area (TPSA) is 41.4 Å². The van der Waals surface area contributed by atoms with Gasteiger partial charge < -0.3 is 9.80 Å². The van der Waals surface area contributed by atoms with Gasteiger partial charge in [-0.15, -0.1) is 0 Å². The zero-order valence-electron chi connectivity index (χ0n) is 19.1. The summed E-state index contributed by atoms with van der Waals surface area (Å²) in [4.78, 5) is 22.2. The first-order valence-corrected chi connectivity index (χ1v) is 11.6. The number of likely N-dealkylation sites (tertiary alicyclic amines) is 1. The van der Waals surface area contributed by atoms with E-state index in [1.54, 1.807) is 0 Å². The second kappa shape index (κ2) is 9.65. The molecule has 0 spiro atoms. The Morgan fingerprint density at radius 2 is 1.87 bits per heavy atom. The molecule has 0 aliphatic carbocycles. The Kier molecular flexibility index (Phi) is 6.71. The molecule has 0 unspecified atom stereocenters. The van der Waals surface area contributed by atoms with Gasteiger partial charge in [0.1, 0.15) is 5.82 Å². The molecule has 3 aromatic rings. The minimum Gasteiger partial charge on any atom is -0.337 e. The van der Waals surface area contributed by atoms with Crippen molar-refractivity contribution in [2.24, 2.45) is 0 Å². The van der Waals surface area contributed by atoms with Crippen molar-refractivity contribution in [3.8, 4) is 5.69 Å². The van der Waals surface area contributed by atoms with Gasteiger partial charge in [0.15, 0.2) is 0 Å². The first kappa shape index (κ1) is 21.6. The molecule has 1 atom stereocenters. The summed E-state index contributed by atoms with van der Waals surface area (Å²) in [6.45, 7) is 7.06. The number of hydrogen-bond acceptors (Lipinski definition) is 3. The van der Waals surface area contributed by atoms with Crippen LogP contribution in [0.5, 0.6) is 0 Å². The highest BCUT2D eigenvalue weighted by Gasteiger charge is 2.29. The molecule has 2 aromatic carbocycles. The largest absolute Gasteiger partial charge is 0.337 e. The molecule has 4 rings (SSSR count). The van der Waals surface area contributed by atoms with E-state index in [2.05, 4.69) is 34.5 Å². The Hall–Kier alpha value is -2.66. The molecule has 0 radical (unpaired) electrons. The Morgan fingerprint density at radius 3 is 2.65 bits per heavy atom. The highest BCUT2D eigenvalue weighted by atomic mass is 16.2. The lowest BCUT2D eigenvalue weighted by Gasteiger charge is -2.24. The number of hydrogen-bond donors (Lipinski definition) is 0. The van der Waals surface area contributed by atoms with Crippen molar-refractivity contribution in [2.75, 3.05) is 26.7 Å². The number of amides is 1. The lowest BCUT2D eigenvalue weighted by molar-refractivity contribution is 0.0780. The standard InChI is InChI=1S/C26H34N4O/c1-4-5-6-9-17-28(3)23-16-18-29(19-23)26(31)21-12-14-22(15-13-21)30-20(2)27-24-10-7-8-11-25(24)30/h7-8,10-15,23H,4-6,9,16-19H2,1-3H3/t23-/m0/s1. The van der Waals surface area contributed by atoms with Crippen LogP contribution in [0.15, 0.2) is 48.5 Å². The Labute approximate surface area is 185 Å². The fourth-order valence-corrected chi connectivity index (χ4v) is 4.66. The van der Waals surface area contributed by atoms with E-state index in [4.69, 9.17) is 0 Å². The minimum atomic E-state index is 0.139. The maximum Gasteiger partial charge on any atom is 0.253 e. The molecule has 0 saturated carbocycles. The number of carbonyl (C=O) groups excluding carboxylic acids is 1. The molecule has 1 aliphatic heterocycles. The summed E-state index contributed by atoms with van der Waals surface area (Å²) in [5.41, 5.74) is 3.87. The van der Waals surface area contributed by atoms with Crippen LogP contribution in [-0.2, 0) is 0 Å². The smallest absolute Gasteiger partial charge is 0.253 e. The van der Waals surface area contributed by atoms with Crippen LogP contribution < -0.4 is 0 Å². The lowest BCUT2D eigenvalue weighted by Crippen LogP contribution is -2.37. The van der Waals surface area contributed by atoms with Gasteiger partial charge in [0.05, 0.1) is 11.0 Å². The van der Waals surface area contributed by atoms with Crippen LogP contribution in [0.3, 0.4) is 0 Å². The maximum absolute atomic E-state index is 13.1. The quantitative estimate of drug-likeness (QED) is 0.480. The Bertz CT molecular complexity index is 1020.